The Hall–Kier alpha value is -2.37. The zero-order valence-corrected chi connectivity index (χ0v) is 17.7. The van der Waals surface area contributed by atoms with Crippen molar-refractivity contribution < 1.29 is 24.1 Å². The fraction of sp³-hybridized carbons (Fsp3) is 0.458. The molecule has 2 aromatic rings. The van der Waals surface area contributed by atoms with Gasteiger partial charge < -0.3 is 19.3 Å². The Bertz CT molecular complexity index is 771. The van der Waals surface area contributed by atoms with E-state index in [9.17, 15) is 4.79 Å². The average Bonchev–Trinajstić information content (AvgIpc) is 2.75. The van der Waals surface area contributed by atoms with Crippen molar-refractivity contribution in [2.75, 3.05) is 46.4 Å². The molecule has 0 atom stereocenters. The number of unbranched alkanes of at least 4 members (excludes halogenated alkanes) is 1. The smallest absolute Gasteiger partial charge is 0.161 e. The molecule has 2 aromatic carbocycles. The van der Waals surface area contributed by atoms with Crippen LogP contribution in [0.3, 0.4) is 0 Å². The normalized spacial score (nSPS) is 19.0. The van der Waals surface area contributed by atoms with Gasteiger partial charge in [0.2, 0.25) is 0 Å². The number of rotatable bonds is 10. The van der Waals surface area contributed by atoms with Gasteiger partial charge in [0.25, 0.3) is 0 Å². The van der Waals surface area contributed by atoms with E-state index in [0.717, 1.165) is 19.4 Å². The Morgan fingerprint density at radius 1 is 0.931 bits per heavy atom. The lowest BCUT2D eigenvalue weighted by Crippen LogP contribution is -3.27. The van der Waals surface area contributed by atoms with E-state index in [-0.39, 0.29) is 5.78 Å². The Balaban J connectivity index is 1.32. The maximum absolute atomic E-state index is 11.5. The van der Waals surface area contributed by atoms with Gasteiger partial charge in [0, 0.05) is 11.1 Å². The monoisotopic (exact) mass is 398 g/mol. The summed E-state index contributed by atoms with van der Waals surface area (Å²) in [6.07, 6.45) is 2.19. The zero-order chi connectivity index (χ0) is 20.5. The lowest BCUT2D eigenvalue weighted by molar-refractivity contribution is -1.02. The molecule has 1 aliphatic heterocycles. The first-order chi connectivity index (χ1) is 14.2. The Morgan fingerprint density at radius 2 is 1.66 bits per heavy atom. The molecule has 156 valence electrons. The molecule has 0 aliphatic carbocycles. The summed E-state index contributed by atoms with van der Waals surface area (Å²) >= 11 is 0. The van der Waals surface area contributed by atoms with E-state index in [1.165, 1.54) is 38.3 Å². The fourth-order valence-corrected chi connectivity index (χ4v) is 3.93. The average molecular weight is 399 g/mol. The predicted molar refractivity (Wildman–Crippen MR) is 114 cm³/mol. The molecule has 5 nitrogen and oxygen atoms in total. The maximum Gasteiger partial charge on any atom is 0.161 e. The highest BCUT2D eigenvalue weighted by Crippen LogP contribution is 2.28. The molecule has 0 amide bonds. The molecule has 0 aromatic heterocycles. The number of piperazine rings is 1. The third-order valence-corrected chi connectivity index (χ3v) is 5.71. The second-order valence-electron chi connectivity index (χ2n) is 7.89. The van der Waals surface area contributed by atoms with Crippen LogP contribution in [0.4, 0.5) is 0 Å². The number of carbonyl (C=O) groups excluding carboxylic acids is 1. The van der Waals surface area contributed by atoms with Gasteiger partial charge in [-0.1, -0.05) is 30.3 Å². The quantitative estimate of drug-likeness (QED) is 0.464. The summed E-state index contributed by atoms with van der Waals surface area (Å²) in [4.78, 5) is 14.9. The summed E-state index contributed by atoms with van der Waals surface area (Å²) in [5.41, 5.74) is 2.08. The minimum Gasteiger partial charge on any atom is -0.493 e. The fourth-order valence-electron chi connectivity index (χ4n) is 3.93. The van der Waals surface area contributed by atoms with Crippen LogP contribution in [0, 0.1) is 0 Å². The van der Waals surface area contributed by atoms with Crippen molar-refractivity contribution in [1.29, 1.82) is 0 Å². The van der Waals surface area contributed by atoms with E-state index >= 15 is 0 Å². The number of benzene rings is 2. The molecule has 3 rings (SSSR count). The summed E-state index contributed by atoms with van der Waals surface area (Å²) in [6, 6.07) is 16.2. The number of methoxy groups -OCH3 is 1. The topological polar surface area (TPSA) is 44.4 Å². The van der Waals surface area contributed by atoms with Gasteiger partial charge in [-0.2, -0.15) is 0 Å². The molecule has 0 saturated carbocycles. The van der Waals surface area contributed by atoms with E-state index in [2.05, 4.69) is 30.3 Å². The molecule has 0 unspecified atom stereocenters. The standard InChI is InChI=1S/C24H32N2O3/c1-20(27)22-10-11-23(24(18-22)28-2)29-17-7-6-12-25-13-15-26(16-14-25)19-21-8-4-3-5-9-21/h3-5,8-11,18H,6-7,12-17,19H2,1-2H3/p+2. The van der Waals surface area contributed by atoms with Crippen LogP contribution in [0.15, 0.2) is 48.5 Å². The van der Waals surface area contributed by atoms with Crippen molar-refractivity contribution in [2.45, 2.75) is 26.3 Å². The van der Waals surface area contributed by atoms with E-state index < -0.39 is 0 Å². The first kappa shape index (κ1) is 21.3. The van der Waals surface area contributed by atoms with Gasteiger partial charge >= 0.3 is 0 Å². The van der Waals surface area contributed by atoms with Gasteiger partial charge in [0.15, 0.2) is 17.3 Å². The lowest BCUT2D eigenvalue weighted by atomic mass is 10.1. The van der Waals surface area contributed by atoms with Crippen LogP contribution in [0.5, 0.6) is 11.5 Å². The van der Waals surface area contributed by atoms with Crippen molar-refractivity contribution in [3.8, 4) is 11.5 Å². The minimum atomic E-state index is 0.0310. The third-order valence-electron chi connectivity index (χ3n) is 5.71. The number of nitrogens with one attached hydrogen (secondary N) is 2. The largest absolute Gasteiger partial charge is 0.493 e. The minimum absolute atomic E-state index is 0.0310. The molecule has 0 spiro atoms. The van der Waals surface area contributed by atoms with Gasteiger partial charge in [-0.25, -0.2) is 0 Å². The second-order valence-corrected chi connectivity index (χ2v) is 7.89. The number of carbonyl (C=O) groups is 1. The molecule has 1 saturated heterocycles. The van der Waals surface area contributed by atoms with Crippen molar-refractivity contribution in [1.82, 2.24) is 0 Å². The molecule has 2 N–H and O–H groups in total. The van der Waals surface area contributed by atoms with Crippen molar-refractivity contribution >= 4 is 5.78 Å². The molecule has 1 fully saturated rings. The summed E-state index contributed by atoms with van der Waals surface area (Å²) in [5.74, 6) is 1.37. The highest BCUT2D eigenvalue weighted by molar-refractivity contribution is 5.94. The van der Waals surface area contributed by atoms with Crippen LogP contribution in [0.2, 0.25) is 0 Å². The Kier molecular flexibility index (Phi) is 8.08. The summed E-state index contributed by atoms with van der Waals surface area (Å²) in [5, 5.41) is 0. The van der Waals surface area contributed by atoms with Crippen LogP contribution in [0.25, 0.3) is 0 Å². The number of hydrogen-bond donors (Lipinski definition) is 2. The van der Waals surface area contributed by atoms with Crippen molar-refractivity contribution in [2.24, 2.45) is 0 Å². The van der Waals surface area contributed by atoms with Gasteiger partial charge in [0.1, 0.15) is 32.7 Å². The maximum atomic E-state index is 11.5. The zero-order valence-electron chi connectivity index (χ0n) is 17.7. The molecular formula is C24H34N2O3+2. The Morgan fingerprint density at radius 3 is 2.34 bits per heavy atom. The predicted octanol–water partition coefficient (Wildman–Crippen LogP) is 1.04. The molecule has 0 bridgehead atoms. The van der Waals surface area contributed by atoms with E-state index in [1.807, 2.05) is 6.07 Å². The van der Waals surface area contributed by atoms with Crippen LogP contribution in [-0.2, 0) is 6.54 Å². The molecule has 0 radical (unpaired) electrons. The summed E-state index contributed by atoms with van der Waals surface area (Å²) < 4.78 is 11.2. The SMILES string of the molecule is COc1cc(C(C)=O)ccc1OCCCC[NH+]1CC[NH+](Cc2ccccc2)CC1. The van der Waals surface area contributed by atoms with Gasteiger partial charge in [-0.3, -0.25) is 4.79 Å². The van der Waals surface area contributed by atoms with E-state index in [1.54, 1.807) is 36.0 Å². The third kappa shape index (κ3) is 6.58. The second kappa shape index (κ2) is 11.0. The number of ketones is 1. The summed E-state index contributed by atoms with van der Waals surface area (Å²) in [7, 11) is 1.61. The van der Waals surface area contributed by atoms with Crippen LogP contribution in [-0.4, -0.2) is 52.2 Å². The van der Waals surface area contributed by atoms with E-state index in [0.29, 0.717) is 23.7 Å². The van der Waals surface area contributed by atoms with E-state index in [4.69, 9.17) is 9.47 Å². The number of Topliss-reactive ketones (excluding diaryl/α,β-unsaturated/α-hetero) is 1. The van der Waals surface area contributed by atoms with Crippen molar-refractivity contribution in [3.63, 3.8) is 0 Å². The molecule has 1 heterocycles. The number of quaternary nitrogens is 2. The number of hydrogen-bond acceptors (Lipinski definition) is 3. The molecular weight excluding hydrogens is 364 g/mol. The van der Waals surface area contributed by atoms with Gasteiger partial charge in [-0.15, -0.1) is 0 Å². The first-order valence-electron chi connectivity index (χ1n) is 10.7. The van der Waals surface area contributed by atoms with Gasteiger partial charge in [-0.05, 0) is 38.0 Å². The first-order valence-corrected chi connectivity index (χ1v) is 10.7. The summed E-state index contributed by atoms with van der Waals surface area (Å²) in [6.45, 7) is 9.59. The highest BCUT2D eigenvalue weighted by atomic mass is 16.5. The van der Waals surface area contributed by atoms with Gasteiger partial charge in [0.05, 0.1) is 20.3 Å². The molecule has 1 aliphatic rings. The highest BCUT2D eigenvalue weighted by Gasteiger charge is 2.22. The number of ether oxygens (including phenoxy) is 2. The van der Waals surface area contributed by atoms with Crippen LogP contribution in [0.1, 0.15) is 35.7 Å². The molecule has 5 heteroatoms. The Labute approximate surface area is 174 Å². The van der Waals surface area contributed by atoms with Crippen LogP contribution >= 0.6 is 0 Å². The molecule has 29 heavy (non-hydrogen) atoms. The van der Waals surface area contributed by atoms with Crippen molar-refractivity contribution in [3.05, 3.63) is 59.7 Å². The van der Waals surface area contributed by atoms with Crippen LogP contribution < -0.4 is 19.3 Å². The lowest BCUT2D eigenvalue weighted by Gasteiger charge is -2.29.